The van der Waals surface area contributed by atoms with Gasteiger partial charge in [-0.25, -0.2) is 4.98 Å². The first-order valence-corrected chi connectivity index (χ1v) is 4.81. The second-order valence-corrected chi connectivity index (χ2v) is 3.63. The molecule has 1 aliphatic carbocycles. The Labute approximate surface area is 86.6 Å². The van der Waals surface area contributed by atoms with Crippen molar-refractivity contribution < 1.29 is 4.79 Å². The zero-order chi connectivity index (χ0) is 9.97. The molecule has 14 heavy (non-hydrogen) atoms. The third-order valence-corrected chi connectivity index (χ3v) is 2.32. The van der Waals surface area contributed by atoms with E-state index in [4.69, 9.17) is 11.6 Å². The van der Waals surface area contributed by atoms with Gasteiger partial charge in [0.1, 0.15) is 0 Å². The van der Waals surface area contributed by atoms with E-state index in [-0.39, 0.29) is 11.8 Å². The Hall–Kier alpha value is -1.29. The first-order chi connectivity index (χ1) is 6.77. The molecule has 5 heteroatoms. The van der Waals surface area contributed by atoms with Crippen LogP contribution in [0.25, 0.3) is 0 Å². The van der Waals surface area contributed by atoms with Crippen molar-refractivity contribution in [3.8, 4) is 0 Å². The summed E-state index contributed by atoms with van der Waals surface area (Å²) in [6.45, 7) is 0. The number of carbonyl (C=O) groups is 1. The number of anilines is 1. The summed E-state index contributed by atoms with van der Waals surface area (Å²) >= 11 is 5.83. The topological polar surface area (TPSA) is 54.0 Å². The first-order valence-electron chi connectivity index (χ1n) is 4.44. The van der Waals surface area contributed by atoms with Crippen molar-refractivity contribution in [2.24, 2.45) is 5.92 Å². The Morgan fingerprint density at radius 2 is 2.36 bits per heavy atom. The monoisotopic (exact) mass is 211 g/mol. The molecule has 1 saturated carbocycles. The average Bonchev–Trinajstić information content (AvgIpc) is 2.99. The van der Waals surface area contributed by atoms with Gasteiger partial charge in [0.25, 0.3) is 0 Å². The molecule has 2 rings (SSSR count). The summed E-state index contributed by atoms with van der Waals surface area (Å²) in [6, 6.07) is 3.44. The predicted molar refractivity (Wildman–Crippen MR) is 53.7 cm³/mol. The largest absolute Gasteiger partial charge is 0.281 e. The summed E-state index contributed by atoms with van der Waals surface area (Å²) in [4.78, 5) is 15.2. The normalized spacial score (nSPS) is 14.9. The fraction of sp³-hybridized carbons (Fsp3) is 0.333. The molecule has 4 nitrogen and oxygen atoms in total. The molecule has 0 aliphatic heterocycles. The van der Waals surface area contributed by atoms with Crippen LogP contribution < -0.4 is 10.9 Å². The Morgan fingerprint density at radius 3 is 3.00 bits per heavy atom. The van der Waals surface area contributed by atoms with Gasteiger partial charge >= 0.3 is 0 Å². The molecule has 0 radical (unpaired) electrons. The molecule has 0 unspecified atom stereocenters. The van der Waals surface area contributed by atoms with Gasteiger partial charge in [0, 0.05) is 12.1 Å². The van der Waals surface area contributed by atoms with Gasteiger partial charge in [0.05, 0.1) is 5.02 Å². The zero-order valence-corrected chi connectivity index (χ0v) is 8.21. The number of hydrazine groups is 1. The number of aromatic nitrogens is 1. The number of halogens is 1. The molecule has 74 valence electrons. The molecule has 0 atom stereocenters. The Bertz CT molecular complexity index is 352. The maximum Gasteiger partial charge on any atom is 0.241 e. The van der Waals surface area contributed by atoms with Crippen molar-refractivity contribution in [1.82, 2.24) is 10.4 Å². The molecular formula is C9H10ClN3O. The average molecular weight is 212 g/mol. The number of hydrogen-bond acceptors (Lipinski definition) is 3. The SMILES string of the molecule is O=C(NNc1ncccc1Cl)C1CC1. The number of rotatable bonds is 3. The van der Waals surface area contributed by atoms with Crippen LogP contribution in [0.15, 0.2) is 18.3 Å². The molecule has 1 aromatic heterocycles. The highest BCUT2D eigenvalue weighted by atomic mass is 35.5. The van der Waals surface area contributed by atoms with Crippen molar-refractivity contribution in [2.45, 2.75) is 12.8 Å². The minimum absolute atomic E-state index is 0.00622. The van der Waals surface area contributed by atoms with Crippen molar-refractivity contribution >= 4 is 23.3 Å². The fourth-order valence-corrected chi connectivity index (χ4v) is 1.21. The summed E-state index contributed by atoms with van der Waals surface area (Å²) in [5.41, 5.74) is 5.26. The van der Waals surface area contributed by atoms with Crippen LogP contribution in [0.1, 0.15) is 12.8 Å². The van der Waals surface area contributed by atoms with Crippen molar-refractivity contribution in [3.05, 3.63) is 23.4 Å². The van der Waals surface area contributed by atoms with E-state index in [0.29, 0.717) is 10.8 Å². The lowest BCUT2D eigenvalue weighted by Gasteiger charge is -2.07. The van der Waals surface area contributed by atoms with E-state index in [2.05, 4.69) is 15.8 Å². The third kappa shape index (κ3) is 2.14. The standard InChI is InChI=1S/C9H10ClN3O/c10-7-2-1-5-11-8(7)12-13-9(14)6-3-4-6/h1-2,5-6H,3-4H2,(H,11,12)(H,13,14). The molecular weight excluding hydrogens is 202 g/mol. The van der Waals surface area contributed by atoms with Crippen LogP contribution in [0, 0.1) is 5.92 Å². The van der Waals surface area contributed by atoms with Crippen LogP contribution in [-0.4, -0.2) is 10.9 Å². The highest BCUT2D eigenvalue weighted by Gasteiger charge is 2.29. The molecule has 0 spiro atoms. The maximum atomic E-state index is 11.2. The zero-order valence-electron chi connectivity index (χ0n) is 7.46. The second kappa shape index (κ2) is 3.84. The van der Waals surface area contributed by atoms with E-state index >= 15 is 0 Å². The Morgan fingerprint density at radius 1 is 1.57 bits per heavy atom. The van der Waals surface area contributed by atoms with Crippen LogP contribution >= 0.6 is 11.6 Å². The Balaban J connectivity index is 1.91. The van der Waals surface area contributed by atoms with Gasteiger partial charge in [-0.1, -0.05) is 11.6 Å². The number of nitrogens with one attached hydrogen (secondary N) is 2. The van der Waals surface area contributed by atoms with Gasteiger partial charge in [-0.15, -0.1) is 0 Å². The van der Waals surface area contributed by atoms with E-state index in [9.17, 15) is 4.79 Å². The van der Waals surface area contributed by atoms with Gasteiger partial charge in [0.15, 0.2) is 5.82 Å². The first kappa shape index (κ1) is 9.27. The van der Waals surface area contributed by atoms with Crippen molar-refractivity contribution in [2.75, 3.05) is 5.43 Å². The van der Waals surface area contributed by atoms with Crippen LogP contribution in [-0.2, 0) is 4.79 Å². The van der Waals surface area contributed by atoms with Gasteiger partial charge in [-0.05, 0) is 25.0 Å². The molecule has 1 fully saturated rings. The van der Waals surface area contributed by atoms with E-state index in [1.807, 2.05) is 0 Å². The second-order valence-electron chi connectivity index (χ2n) is 3.22. The fourth-order valence-electron chi connectivity index (χ4n) is 1.05. The molecule has 0 aromatic carbocycles. The highest BCUT2D eigenvalue weighted by Crippen LogP contribution is 2.28. The predicted octanol–water partition coefficient (Wildman–Crippen LogP) is 1.59. The maximum absolute atomic E-state index is 11.2. The number of hydrogen-bond donors (Lipinski definition) is 2. The third-order valence-electron chi connectivity index (χ3n) is 2.01. The minimum Gasteiger partial charge on any atom is -0.281 e. The lowest BCUT2D eigenvalue weighted by Crippen LogP contribution is -2.31. The van der Waals surface area contributed by atoms with E-state index < -0.39 is 0 Å². The van der Waals surface area contributed by atoms with Crippen molar-refractivity contribution in [1.29, 1.82) is 0 Å². The Kier molecular flexibility index (Phi) is 2.54. The number of carbonyl (C=O) groups excluding carboxylic acids is 1. The quantitative estimate of drug-likeness (QED) is 0.747. The van der Waals surface area contributed by atoms with E-state index in [0.717, 1.165) is 12.8 Å². The summed E-state index contributed by atoms with van der Waals surface area (Å²) < 4.78 is 0. The van der Waals surface area contributed by atoms with Crippen LogP contribution in [0.3, 0.4) is 0 Å². The number of nitrogens with zero attached hydrogens (tertiary/aromatic N) is 1. The number of pyridine rings is 1. The molecule has 0 saturated heterocycles. The van der Waals surface area contributed by atoms with Crippen molar-refractivity contribution in [3.63, 3.8) is 0 Å². The van der Waals surface area contributed by atoms with Crippen LogP contribution in [0.4, 0.5) is 5.82 Å². The lowest BCUT2D eigenvalue weighted by atomic mass is 10.4. The molecule has 1 heterocycles. The van der Waals surface area contributed by atoms with Gasteiger partial charge in [-0.3, -0.25) is 15.6 Å². The minimum atomic E-state index is 0.00622. The summed E-state index contributed by atoms with van der Waals surface area (Å²) in [5.74, 6) is 0.653. The van der Waals surface area contributed by atoms with E-state index in [1.165, 1.54) is 0 Å². The molecule has 1 aliphatic rings. The van der Waals surface area contributed by atoms with Crippen LogP contribution in [0.2, 0.25) is 5.02 Å². The lowest BCUT2D eigenvalue weighted by molar-refractivity contribution is -0.121. The van der Waals surface area contributed by atoms with Crippen LogP contribution in [0.5, 0.6) is 0 Å². The summed E-state index contributed by atoms with van der Waals surface area (Å²) in [6.07, 6.45) is 3.56. The summed E-state index contributed by atoms with van der Waals surface area (Å²) in [7, 11) is 0. The number of amides is 1. The van der Waals surface area contributed by atoms with Gasteiger partial charge in [0.2, 0.25) is 5.91 Å². The highest BCUT2D eigenvalue weighted by molar-refractivity contribution is 6.32. The smallest absolute Gasteiger partial charge is 0.241 e. The molecule has 2 N–H and O–H groups in total. The summed E-state index contributed by atoms with van der Waals surface area (Å²) in [5, 5.41) is 0.489. The van der Waals surface area contributed by atoms with E-state index in [1.54, 1.807) is 18.3 Å². The van der Waals surface area contributed by atoms with Gasteiger partial charge in [-0.2, -0.15) is 0 Å². The molecule has 0 bridgehead atoms. The molecule has 1 aromatic rings. The van der Waals surface area contributed by atoms with Gasteiger partial charge < -0.3 is 0 Å². The molecule has 1 amide bonds.